The van der Waals surface area contributed by atoms with E-state index in [-0.39, 0.29) is 19.4 Å². The summed E-state index contributed by atoms with van der Waals surface area (Å²) in [6.07, 6.45) is 49.4. The fourth-order valence-electron chi connectivity index (χ4n) is 5.38. The Morgan fingerprint density at radius 2 is 1.00 bits per heavy atom. The van der Waals surface area contributed by atoms with Crippen molar-refractivity contribution in [3.05, 3.63) is 85.1 Å². The number of phosphoric acid groups is 1. The Morgan fingerprint density at radius 3 is 1.59 bits per heavy atom. The van der Waals surface area contributed by atoms with Gasteiger partial charge in [0.15, 0.2) is 6.10 Å². The van der Waals surface area contributed by atoms with E-state index in [0.29, 0.717) is 12.8 Å². The predicted octanol–water partition coefficient (Wildman–Crippen LogP) is 11.5. The number of carbonyl (C=O) groups excluding carboxylic acids is 2. The van der Waals surface area contributed by atoms with Crippen molar-refractivity contribution < 1.29 is 47.5 Å². The van der Waals surface area contributed by atoms with E-state index in [1.807, 2.05) is 36.5 Å². The molecule has 0 aromatic rings. The Balaban J connectivity index is 4.35. The van der Waals surface area contributed by atoms with Crippen molar-refractivity contribution in [3.63, 3.8) is 0 Å². The van der Waals surface area contributed by atoms with E-state index in [4.69, 9.17) is 24.8 Å². The van der Waals surface area contributed by atoms with Gasteiger partial charge in [0, 0.05) is 12.8 Å². The number of unbranched alkanes of at least 4 members (excludes halogenated alkanes) is 14. The summed E-state index contributed by atoms with van der Waals surface area (Å²) in [7, 11) is -4.73. The number of carboxylic acids is 1. The first-order valence-corrected chi connectivity index (χ1v) is 23.2. The van der Waals surface area contributed by atoms with Gasteiger partial charge in [-0.2, -0.15) is 0 Å². The number of ether oxygens (including phenoxy) is 2. The van der Waals surface area contributed by atoms with Gasteiger partial charge in [-0.15, -0.1) is 0 Å². The second kappa shape index (κ2) is 40.4. The summed E-state index contributed by atoms with van der Waals surface area (Å²) in [5.41, 5.74) is 5.33. The van der Waals surface area contributed by atoms with E-state index >= 15 is 0 Å². The minimum absolute atomic E-state index is 0.110. The van der Waals surface area contributed by atoms with Gasteiger partial charge in [-0.1, -0.05) is 163 Å². The van der Waals surface area contributed by atoms with Crippen LogP contribution in [0, 0.1) is 0 Å². The maximum absolute atomic E-state index is 12.6. The van der Waals surface area contributed by atoms with Gasteiger partial charge in [-0.05, 0) is 64.2 Å². The second-order valence-corrected chi connectivity index (χ2v) is 15.6. The van der Waals surface area contributed by atoms with E-state index in [9.17, 15) is 23.8 Å². The van der Waals surface area contributed by atoms with Crippen molar-refractivity contribution in [2.24, 2.45) is 5.73 Å². The number of carbonyl (C=O) groups is 3. The average molecular weight is 834 g/mol. The number of allylic oxidation sites excluding steroid dienone is 14. The number of nitrogens with two attached hydrogens (primary N) is 1. The zero-order valence-electron chi connectivity index (χ0n) is 35.6. The molecule has 0 rings (SSSR count). The zero-order valence-corrected chi connectivity index (χ0v) is 36.5. The van der Waals surface area contributed by atoms with Gasteiger partial charge in [0.2, 0.25) is 0 Å². The van der Waals surface area contributed by atoms with E-state index < -0.39 is 51.1 Å². The molecule has 11 nitrogen and oxygen atoms in total. The van der Waals surface area contributed by atoms with E-state index in [2.05, 4.69) is 67.0 Å². The van der Waals surface area contributed by atoms with Crippen LogP contribution in [0.4, 0.5) is 0 Å². The molecule has 12 heteroatoms. The molecule has 0 aliphatic carbocycles. The molecule has 0 aromatic heterocycles. The van der Waals surface area contributed by atoms with Crippen LogP contribution in [0.2, 0.25) is 0 Å². The number of rotatable bonds is 39. The molecule has 0 bridgehead atoms. The fourth-order valence-corrected chi connectivity index (χ4v) is 6.16. The standard InChI is InChI=1S/C46H76NO10P/c1-3-5-7-9-11-13-15-17-18-19-20-21-22-23-24-26-27-29-31-33-35-37-44(48)54-39-42(40-55-58(52,53)56-41-43(47)46(50)51)57-45(49)38-36-34-32-30-28-25-16-14-12-10-8-6-4-2/h5-8,10-14,16-18,25,28,42-43H,3-4,9,15,19-24,26-27,29-41,47H2,1-2H3,(H,50,51)(H,52,53)/b7-5+,8-6+,12-10+,13-11+,16-14+,18-17+,28-25+/t42?,43-/m0/s1. The molecule has 0 aliphatic heterocycles. The molecule has 0 aliphatic rings. The van der Waals surface area contributed by atoms with Crippen molar-refractivity contribution in [3.8, 4) is 0 Å². The third-order valence-corrected chi connectivity index (χ3v) is 9.68. The van der Waals surface area contributed by atoms with Gasteiger partial charge in [0.25, 0.3) is 0 Å². The lowest BCUT2D eigenvalue weighted by Gasteiger charge is -2.20. The minimum Gasteiger partial charge on any atom is -0.480 e. The van der Waals surface area contributed by atoms with E-state index in [1.54, 1.807) is 0 Å². The molecular weight excluding hydrogens is 757 g/mol. The number of aliphatic carboxylic acids is 1. The Labute approximate surface area is 350 Å². The first-order chi connectivity index (χ1) is 28.1. The topological polar surface area (TPSA) is 172 Å². The van der Waals surface area contributed by atoms with Crippen LogP contribution >= 0.6 is 7.82 Å². The number of hydrogen-bond donors (Lipinski definition) is 3. The molecule has 2 unspecified atom stereocenters. The third kappa shape index (κ3) is 39.5. The smallest absolute Gasteiger partial charge is 0.472 e. The van der Waals surface area contributed by atoms with E-state index in [1.165, 1.54) is 44.9 Å². The summed E-state index contributed by atoms with van der Waals surface area (Å²) < 4.78 is 32.6. The summed E-state index contributed by atoms with van der Waals surface area (Å²) in [5.74, 6) is -2.44. The van der Waals surface area contributed by atoms with Crippen molar-refractivity contribution in [1.29, 1.82) is 0 Å². The molecule has 0 radical (unpaired) electrons. The lowest BCUT2D eigenvalue weighted by Crippen LogP contribution is -2.34. The van der Waals surface area contributed by atoms with Crippen LogP contribution < -0.4 is 5.73 Å². The zero-order chi connectivity index (χ0) is 42.8. The van der Waals surface area contributed by atoms with Gasteiger partial charge < -0.3 is 25.2 Å². The van der Waals surface area contributed by atoms with Gasteiger partial charge >= 0.3 is 25.7 Å². The second-order valence-electron chi connectivity index (χ2n) is 14.2. The monoisotopic (exact) mass is 834 g/mol. The Bertz CT molecular complexity index is 1300. The Morgan fingerprint density at radius 1 is 0.552 bits per heavy atom. The molecule has 0 saturated heterocycles. The van der Waals surface area contributed by atoms with Crippen LogP contribution in [0.5, 0.6) is 0 Å². The van der Waals surface area contributed by atoms with Crippen LogP contribution in [-0.4, -0.2) is 59.9 Å². The first kappa shape index (κ1) is 54.7. The van der Waals surface area contributed by atoms with Crippen molar-refractivity contribution in [1.82, 2.24) is 0 Å². The maximum Gasteiger partial charge on any atom is 0.472 e. The normalized spacial score (nSPS) is 14.6. The van der Waals surface area contributed by atoms with Crippen molar-refractivity contribution in [2.45, 2.75) is 167 Å². The predicted molar refractivity (Wildman–Crippen MR) is 235 cm³/mol. The highest BCUT2D eigenvalue weighted by Gasteiger charge is 2.28. The van der Waals surface area contributed by atoms with Gasteiger partial charge in [0.1, 0.15) is 12.6 Å². The molecule has 0 saturated carbocycles. The summed E-state index contributed by atoms with van der Waals surface area (Å²) in [6, 6.07) is -1.53. The number of hydrogen-bond acceptors (Lipinski definition) is 9. The highest BCUT2D eigenvalue weighted by molar-refractivity contribution is 7.47. The summed E-state index contributed by atoms with van der Waals surface area (Å²) in [6.45, 7) is 2.49. The van der Waals surface area contributed by atoms with Gasteiger partial charge in [0.05, 0.1) is 13.2 Å². The quantitative estimate of drug-likeness (QED) is 0.0177. The molecule has 0 aromatic carbocycles. The fraction of sp³-hybridized carbons (Fsp3) is 0.630. The summed E-state index contributed by atoms with van der Waals surface area (Å²) >= 11 is 0. The summed E-state index contributed by atoms with van der Waals surface area (Å²) in [4.78, 5) is 45.9. The van der Waals surface area contributed by atoms with Crippen molar-refractivity contribution in [2.75, 3.05) is 19.8 Å². The molecule has 4 N–H and O–H groups in total. The molecule has 0 heterocycles. The van der Waals surface area contributed by atoms with E-state index in [0.717, 1.165) is 70.6 Å². The molecule has 0 fully saturated rings. The SMILES string of the molecule is CC/C=C/C=C/C=C/C=C/CCCCCC(=O)OC(COC(=O)CCCCCCCCCCCCC/C=C/C/C=C/C/C=C/CC)COP(=O)(O)OC[C@H](N)C(=O)O. The van der Waals surface area contributed by atoms with Crippen molar-refractivity contribution >= 4 is 25.7 Å². The van der Waals surface area contributed by atoms with Crippen LogP contribution in [-0.2, 0) is 37.5 Å². The number of carboxylic acid groups (broad SMARTS) is 1. The Hall–Kier alpha value is -3.34. The molecule has 3 atom stereocenters. The van der Waals surface area contributed by atoms with Gasteiger partial charge in [-0.3, -0.25) is 23.4 Å². The molecule has 330 valence electrons. The Kier molecular flexibility index (Phi) is 38.1. The molecular formula is C46H76NO10P. The third-order valence-electron chi connectivity index (χ3n) is 8.73. The highest BCUT2D eigenvalue weighted by Crippen LogP contribution is 2.43. The maximum atomic E-state index is 12.6. The van der Waals surface area contributed by atoms with Crippen LogP contribution in [0.25, 0.3) is 0 Å². The first-order valence-electron chi connectivity index (χ1n) is 21.7. The molecule has 0 amide bonds. The average Bonchev–Trinajstić information content (AvgIpc) is 3.20. The number of phosphoric ester groups is 1. The largest absolute Gasteiger partial charge is 0.480 e. The molecule has 0 spiro atoms. The van der Waals surface area contributed by atoms with Gasteiger partial charge in [-0.25, -0.2) is 4.57 Å². The minimum atomic E-state index is -4.73. The highest BCUT2D eigenvalue weighted by atomic mass is 31.2. The van der Waals surface area contributed by atoms with Crippen LogP contribution in [0.1, 0.15) is 155 Å². The van der Waals surface area contributed by atoms with Crippen LogP contribution in [0.15, 0.2) is 85.1 Å². The lowest BCUT2D eigenvalue weighted by molar-refractivity contribution is -0.161. The number of esters is 2. The lowest BCUT2D eigenvalue weighted by atomic mass is 10.0. The summed E-state index contributed by atoms with van der Waals surface area (Å²) in [5, 5.41) is 8.88. The van der Waals surface area contributed by atoms with Crippen LogP contribution in [0.3, 0.4) is 0 Å². The molecule has 58 heavy (non-hydrogen) atoms.